The summed E-state index contributed by atoms with van der Waals surface area (Å²) in [7, 11) is 0.797. The number of benzene rings is 3. The second-order valence-corrected chi connectivity index (χ2v) is 22.8. The van der Waals surface area contributed by atoms with E-state index in [9.17, 15) is 14.7 Å². The molecule has 4 aromatic rings. The Morgan fingerprint density at radius 3 is 1.79 bits per heavy atom. The van der Waals surface area contributed by atoms with Gasteiger partial charge < -0.3 is 33.8 Å². The van der Waals surface area contributed by atoms with Gasteiger partial charge in [0, 0.05) is 12.6 Å². The van der Waals surface area contributed by atoms with E-state index in [0.29, 0.717) is 23.7 Å². The smallest absolute Gasteiger partial charge is 0.351 e. The van der Waals surface area contributed by atoms with E-state index in [4.69, 9.17) is 23.4 Å². The van der Waals surface area contributed by atoms with E-state index in [1.807, 2.05) is 78.9 Å². The molecule has 1 fully saturated rings. The van der Waals surface area contributed by atoms with Gasteiger partial charge in [0.2, 0.25) is 0 Å². The predicted octanol–water partition coefficient (Wildman–Crippen LogP) is 10.6. The highest BCUT2D eigenvalue weighted by atomic mass is 28.4. The number of carbonyl (C=O) groups is 1. The van der Waals surface area contributed by atoms with E-state index in [2.05, 4.69) is 51.1 Å². The van der Waals surface area contributed by atoms with Crippen LogP contribution in [0.3, 0.4) is 0 Å². The molecule has 2 N–H and O–H groups in total. The van der Waals surface area contributed by atoms with Crippen LogP contribution in [0.15, 0.2) is 95.9 Å². The molecule has 1 aliphatic rings. The fourth-order valence-corrected chi connectivity index (χ4v) is 9.21. The Hall–Kier alpha value is -4.49. The minimum Gasteiger partial charge on any atom is -0.497 e. The largest absolute Gasteiger partial charge is 0.497 e. The fraction of sp³-hybridized carbons (Fsp3) is 0.540. The Morgan fingerprint density at radius 2 is 1.29 bits per heavy atom. The number of aromatic nitrogens is 2. The lowest BCUT2D eigenvalue weighted by atomic mass is 9.77. The van der Waals surface area contributed by atoms with Crippen LogP contribution in [0.4, 0.5) is 5.82 Å². The summed E-state index contributed by atoms with van der Waals surface area (Å²) in [6.45, 7) is 12.7. The van der Waals surface area contributed by atoms with Gasteiger partial charge in [0.15, 0.2) is 14.5 Å². The van der Waals surface area contributed by atoms with Crippen molar-refractivity contribution < 1.29 is 33.3 Å². The molecule has 0 radical (unpaired) electrons. The summed E-state index contributed by atoms with van der Waals surface area (Å²) in [5, 5.41) is 15.4. The first-order chi connectivity index (χ1) is 29.7. The molecule has 0 bridgehead atoms. The van der Waals surface area contributed by atoms with E-state index in [1.165, 1.54) is 55.9 Å². The molecule has 12 heteroatoms. The second kappa shape index (κ2) is 22.7. The highest BCUT2D eigenvalue weighted by Gasteiger charge is 2.51. The molecule has 11 nitrogen and oxygen atoms in total. The Bertz CT molecular complexity index is 1970. The van der Waals surface area contributed by atoms with Gasteiger partial charge in [0.25, 0.3) is 0 Å². The van der Waals surface area contributed by atoms with E-state index >= 15 is 0 Å². The number of aliphatic hydroxyl groups is 1. The summed E-state index contributed by atoms with van der Waals surface area (Å²) < 4.78 is 31.2. The van der Waals surface area contributed by atoms with Crippen LogP contribution in [0.25, 0.3) is 0 Å². The van der Waals surface area contributed by atoms with Crippen LogP contribution in [-0.2, 0) is 24.2 Å². The maximum absolute atomic E-state index is 14.1. The van der Waals surface area contributed by atoms with Gasteiger partial charge >= 0.3 is 11.7 Å². The average molecular weight is 870 g/mol. The van der Waals surface area contributed by atoms with Crippen LogP contribution in [0.2, 0.25) is 18.1 Å². The summed E-state index contributed by atoms with van der Waals surface area (Å²) in [5.41, 5.74) is 1.01. The Morgan fingerprint density at radius 1 is 0.774 bits per heavy atom. The third-order valence-electron chi connectivity index (χ3n) is 12.6. The third kappa shape index (κ3) is 12.4. The van der Waals surface area contributed by atoms with Crippen molar-refractivity contribution in [2.45, 2.75) is 153 Å². The number of nitrogens with one attached hydrogen (secondary N) is 1. The molecule has 5 rings (SSSR count). The van der Waals surface area contributed by atoms with Crippen molar-refractivity contribution >= 4 is 20.1 Å². The number of nitrogens with zero attached hydrogens (tertiary/aromatic N) is 2. The van der Waals surface area contributed by atoms with Crippen molar-refractivity contribution in [3.8, 4) is 11.5 Å². The molecule has 3 aromatic carbocycles. The van der Waals surface area contributed by atoms with Crippen LogP contribution in [-0.4, -0.2) is 68.1 Å². The van der Waals surface area contributed by atoms with Crippen molar-refractivity contribution in [3.63, 3.8) is 0 Å². The zero-order chi connectivity index (χ0) is 44.8. The molecule has 0 unspecified atom stereocenters. The van der Waals surface area contributed by atoms with E-state index in [1.54, 1.807) is 26.5 Å². The van der Waals surface area contributed by atoms with Crippen LogP contribution in [0, 0.1) is 0 Å². The van der Waals surface area contributed by atoms with Crippen LogP contribution in [0.1, 0.15) is 128 Å². The number of aliphatic hydroxyl groups excluding tert-OH is 1. The minimum absolute atomic E-state index is 0.102. The molecular formula is C50H71N3O8Si. The van der Waals surface area contributed by atoms with Crippen molar-refractivity contribution in [1.82, 2.24) is 9.55 Å². The summed E-state index contributed by atoms with van der Waals surface area (Å²) in [4.78, 5) is 31.6. The molecule has 338 valence electrons. The molecule has 2 heterocycles. The molecule has 62 heavy (non-hydrogen) atoms. The lowest BCUT2D eigenvalue weighted by Crippen LogP contribution is -2.50. The second-order valence-electron chi connectivity index (χ2n) is 18.1. The Kier molecular flexibility index (Phi) is 17.8. The molecule has 1 saturated heterocycles. The van der Waals surface area contributed by atoms with E-state index in [0.717, 1.165) is 36.0 Å². The number of unbranched alkanes of at least 4 members (excludes halogenated alkanes) is 10. The summed E-state index contributed by atoms with van der Waals surface area (Å²) >= 11 is 0. The SMILES string of the molecule is CCCCCCCCCCCCCC(=O)OC[C@H]1O[C@@H](n2ccc(NC(c3ccccc3)(c3ccc(OC)cc3)c3ccc(OC)cc3)nc2=O)[C@@H](O)[C@@H]1O[Si](C)(C)C(C)(C)C. The van der Waals surface area contributed by atoms with Gasteiger partial charge in [-0.15, -0.1) is 0 Å². The lowest BCUT2D eigenvalue weighted by Gasteiger charge is -2.40. The highest BCUT2D eigenvalue weighted by molar-refractivity contribution is 6.74. The number of esters is 1. The van der Waals surface area contributed by atoms with E-state index in [-0.39, 0.29) is 17.6 Å². The summed E-state index contributed by atoms with van der Waals surface area (Å²) in [5.74, 6) is 1.40. The topological polar surface area (TPSA) is 130 Å². The normalized spacial score (nSPS) is 18.1. The van der Waals surface area contributed by atoms with Crippen LogP contribution in [0.5, 0.6) is 11.5 Å². The van der Waals surface area contributed by atoms with Gasteiger partial charge in [0.1, 0.15) is 47.8 Å². The number of hydrogen-bond donors (Lipinski definition) is 2. The standard InChI is InChI=1S/C50H71N3O8Si/c1-9-10-11-12-13-14-15-16-17-18-22-25-44(54)59-36-42-46(61-62(7,8)49(2,3)4)45(55)47(60-42)53-35-34-43(51-48(53)56)52-50(37-23-20-19-21-24-37,38-26-30-40(57-5)31-27-38)39-28-32-41(58-6)33-29-39/h19-21,23-24,26-35,42,45-47,55H,9-18,22,25,36H2,1-8H3,(H,51,52,56)/t42-,45+,46-,47-/m1/s1. The first-order valence-corrected chi connectivity index (χ1v) is 25.5. The Balaban J connectivity index is 1.35. The van der Waals surface area contributed by atoms with Gasteiger partial charge in [-0.05, 0) is 71.6 Å². The van der Waals surface area contributed by atoms with Crippen molar-refractivity contribution in [3.05, 3.63) is 118 Å². The zero-order valence-electron chi connectivity index (χ0n) is 38.4. The van der Waals surface area contributed by atoms with E-state index < -0.39 is 44.1 Å². The van der Waals surface area contributed by atoms with Gasteiger partial charge in [-0.2, -0.15) is 4.98 Å². The van der Waals surface area contributed by atoms with Gasteiger partial charge in [-0.3, -0.25) is 9.36 Å². The molecule has 0 saturated carbocycles. The monoisotopic (exact) mass is 870 g/mol. The molecule has 0 spiro atoms. The quantitative estimate of drug-likeness (QED) is 0.0304. The fourth-order valence-electron chi connectivity index (χ4n) is 7.88. The zero-order valence-corrected chi connectivity index (χ0v) is 39.4. The first-order valence-electron chi connectivity index (χ1n) is 22.6. The molecular weight excluding hydrogens is 799 g/mol. The van der Waals surface area contributed by atoms with Crippen LogP contribution < -0.4 is 20.5 Å². The van der Waals surface area contributed by atoms with Gasteiger partial charge in [0.05, 0.1) is 14.2 Å². The molecule has 0 amide bonds. The predicted molar refractivity (Wildman–Crippen MR) is 248 cm³/mol. The highest BCUT2D eigenvalue weighted by Crippen LogP contribution is 2.43. The number of carbonyl (C=O) groups excluding carboxylic acids is 1. The number of anilines is 1. The molecule has 1 aliphatic heterocycles. The van der Waals surface area contributed by atoms with Crippen molar-refractivity contribution in [2.24, 2.45) is 0 Å². The van der Waals surface area contributed by atoms with Gasteiger partial charge in [-0.25, -0.2) is 4.79 Å². The maximum Gasteiger partial charge on any atom is 0.351 e. The molecule has 0 aliphatic carbocycles. The minimum atomic E-state index is -2.46. The number of hydrogen-bond acceptors (Lipinski definition) is 10. The lowest BCUT2D eigenvalue weighted by molar-refractivity contribution is -0.150. The van der Waals surface area contributed by atoms with Crippen molar-refractivity contribution in [1.29, 1.82) is 0 Å². The van der Waals surface area contributed by atoms with Crippen molar-refractivity contribution in [2.75, 3.05) is 26.1 Å². The molecule has 1 aromatic heterocycles. The first kappa shape index (κ1) is 48.5. The van der Waals surface area contributed by atoms with Crippen LogP contribution >= 0.6 is 0 Å². The van der Waals surface area contributed by atoms with Gasteiger partial charge in [-0.1, -0.05) is 147 Å². The number of ether oxygens (including phenoxy) is 4. The summed E-state index contributed by atoms with van der Waals surface area (Å²) in [6.07, 6.45) is 11.0. The molecule has 4 atom stereocenters. The number of rotatable bonds is 24. The Labute approximate surface area is 370 Å². The number of methoxy groups -OCH3 is 2. The summed E-state index contributed by atoms with van der Waals surface area (Å²) in [6, 6.07) is 27.2. The maximum atomic E-state index is 14.1. The third-order valence-corrected chi connectivity index (χ3v) is 17.1. The average Bonchev–Trinajstić information content (AvgIpc) is 3.56.